The van der Waals surface area contributed by atoms with Gasteiger partial charge in [-0.25, -0.2) is 4.98 Å². The summed E-state index contributed by atoms with van der Waals surface area (Å²) < 4.78 is 10.8. The van der Waals surface area contributed by atoms with Gasteiger partial charge in [-0.2, -0.15) is 0 Å². The molecule has 1 amide bonds. The average Bonchev–Trinajstić information content (AvgIpc) is 2.64. The standard InChI is InChI=1S/C19H15ClN2O3/c1-24-17-5-3-2-4-16(17)22-19(23)13-6-9-15(10-7-13)25-18-11-8-14(20)12-21-18/h2-12H,1H3,(H,22,23). The molecule has 0 saturated heterocycles. The Morgan fingerprint density at radius 2 is 1.80 bits per heavy atom. The SMILES string of the molecule is COc1ccccc1NC(=O)c1ccc(Oc2ccc(Cl)cn2)cc1. The normalized spacial score (nSPS) is 10.2. The van der Waals surface area contributed by atoms with Gasteiger partial charge in [0.1, 0.15) is 11.5 Å². The van der Waals surface area contributed by atoms with E-state index in [4.69, 9.17) is 21.1 Å². The highest BCUT2D eigenvalue weighted by Gasteiger charge is 2.09. The molecule has 0 aliphatic carbocycles. The van der Waals surface area contributed by atoms with Crippen molar-refractivity contribution in [2.75, 3.05) is 12.4 Å². The van der Waals surface area contributed by atoms with E-state index in [9.17, 15) is 4.79 Å². The fourth-order valence-corrected chi connectivity index (χ4v) is 2.27. The third kappa shape index (κ3) is 4.28. The maximum absolute atomic E-state index is 12.4. The molecule has 0 unspecified atom stereocenters. The van der Waals surface area contributed by atoms with Crippen molar-refractivity contribution in [3.63, 3.8) is 0 Å². The minimum Gasteiger partial charge on any atom is -0.495 e. The van der Waals surface area contributed by atoms with Gasteiger partial charge in [0.15, 0.2) is 0 Å². The fourth-order valence-electron chi connectivity index (χ4n) is 2.16. The summed E-state index contributed by atoms with van der Waals surface area (Å²) in [7, 11) is 1.56. The number of nitrogens with one attached hydrogen (secondary N) is 1. The summed E-state index contributed by atoms with van der Waals surface area (Å²) in [6.45, 7) is 0. The summed E-state index contributed by atoms with van der Waals surface area (Å²) in [4.78, 5) is 16.4. The molecule has 0 bridgehead atoms. The summed E-state index contributed by atoms with van der Waals surface area (Å²) in [5, 5.41) is 3.36. The van der Waals surface area contributed by atoms with Crippen LogP contribution in [0.1, 0.15) is 10.4 Å². The molecule has 0 radical (unpaired) electrons. The second-order valence-electron chi connectivity index (χ2n) is 5.10. The summed E-state index contributed by atoms with van der Waals surface area (Å²) in [6.07, 6.45) is 1.51. The first-order chi connectivity index (χ1) is 12.2. The Hall–Kier alpha value is -3.05. The number of anilines is 1. The number of pyridine rings is 1. The lowest BCUT2D eigenvalue weighted by molar-refractivity contribution is 0.102. The van der Waals surface area contributed by atoms with Crippen molar-refractivity contribution in [1.29, 1.82) is 0 Å². The average molecular weight is 355 g/mol. The van der Waals surface area contributed by atoms with Crippen LogP contribution in [0, 0.1) is 0 Å². The minimum atomic E-state index is -0.235. The molecular formula is C19H15ClN2O3. The Bertz CT molecular complexity index is 865. The van der Waals surface area contributed by atoms with Crippen LogP contribution in [0.4, 0.5) is 5.69 Å². The van der Waals surface area contributed by atoms with Crippen LogP contribution in [0.15, 0.2) is 66.9 Å². The molecule has 1 heterocycles. The molecule has 3 rings (SSSR count). The van der Waals surface area contributed by atoms with Gasteiger partial charge in [0.2, 0.25) is 5.88 Å². The van der Waals surface area contributed by atoms with Gasteiger partial charge in [-0.15, -0.1) is 0 Å². The first-order valence-electron chi connectivity index (χ1n) is 7.49. The van der Waals surface area contributed by atoms with E-state index in [1.54, 1.807) is 55.6 Å². The van der Waals surface area contributed by atoms with E-state index >= 15 is 0 Å². The molecule has 1 aromatic heterocycles. The smallest absolute Gasteiger partial charge is 0.255 e. The number of aromatic nitrogens is 1. The maximum atomic E-state index is 12.4. The zero-order valence-corrected chi connectivity index (χ0v) is 14.2. The van der Waals surface area contributed by atoms with Crippen molar-refractivity contribution in [3.05, 3.63) is 77.4 Å². The molecule has 0 aliphatic heterocycles. The van der Waals surface area contributed by atoms with E-state index in [0.717, 1.165) is 0 Å². The highest BCUT2D eigenvalue weighted by molar-refractivity contribution is 6.30. The third-order valence-corrected chi connectivity index (χ3v) is 3.62. The minimum absolute atomic E-state index is 0.235. The summed E-state index contributed by atoms with van der Waals surface area (Å²) in [6, 6.07) is 17.3. The zero-order valence-electron chi connectivity index (χ0n) is 13.4. The van der Waals surface area contributed by atoms with Crippen LogP contribution < -0.4 is 14.8 Å². The third-order valence-electron chi connectivity index (χ3n) is 3.39. The lowest BCUT2D eigenvalue weighted by atomic mass is 10.2. The number of benzene rings is 2. The van der Waals surface area contributed by atoms with E-state index in [1.165, 1.54) is 6.20 Å². The number of para-hydroxylation sites is 2. The second-order valence-corrected chi connectivity index (χ2v) is 5.53. The lowest BCUT2D eigenvalue weighted by Gasteiger charge is -2.10. The number of rotatable bonds is 5. The number of methoxy groups -OCH3 is 1. The number of nitrogens with zero attached hydrogens (tertiary/aromatic N) is 1. The Labute approximate surface area is 150 Å². The zero-order chi connectivity index (χ0) is 17.6. The molecule has 6 heteroatoms. The molecule has 0 saturated carbocycles. The number of halogens is 1. The van der Waals surface area contributed by atoms with Crippen LogP contribution in [-0.2, 0) is 0 Å². The van der Waals surface area contributed by atoms with Crippen LogP contribution in [0.2, 0.25) is 5.02 Å². The quantitative estimate of drug-likeness (QED) is 0.715. The second kappa shape index (κ2) is 7.68. The van der Waals surface area contributed by atoms with Gasteiger partial charge in [-0.1, -0.05) is 23.7 Å². The number of amides is 1. The molecule has 0 spiro atoms. The first kappa shape index (κ1) is 16.8. The highest BCUT2D eigenvalue weighted by Crippen LogP contribution is 2.25. The maximum Gasteiger partial charge on any atom is 0.255 e. The van der Waals surface area contributed by atoms with Crippen molar-refractivity contribution in [3.8, 4) is 17.4 Å². The first-order valence-corrected chi connectivity index (χ1v) is 7.87. The summed E-state index contributed by atoms with van der Waals surface area (Å²) in [5.41, 5.74) is 1.11. The van der Waals surface area contributed by atoms with Crippen LogP contribution in [0.3, 0.4) is 0 Å². The van der Waals surface area contributed by atoms with Crippen molar-refractivity contribution < 1.29 is 14.3 Å². The van der Waals surface area contributed by atoms with E-state index in [1.807, 2.05) is 12.1 Å². The molecule has 0 aliphatic rings. The number of hydrogen-bond donors (Lipinski definition) is 1. The molecule has 25 heavy (non-hydrogen) atoms. The van der Waals surface area contributed by atoms with Crippen LogP contribution in [-0.4, -0.2) is 18.0 Å². The number of carbonyl (C=O) groups is 1. The monoisotopic (exact) mass is 354 g/mol. The van der Waals surface area contributed by atoms with Crippen LogP contribution in [0.5, 0.6) is 17.4 Å². The molecule has 1 N–H and O–H groups in total. The van der Waals surface area contributed by atoms with E-state index in [-0.39, 0.29) is 5.91 Å². The predicted octanol–water partition coefficient (Wildman–Crippen LogP) is 4.79. The van der Waals surface area contributed by atoms with E-state index in [0.29, 0.717) is 33.7 Å². The molecule has 126 valence electrons. The predicted molar refractivity (Wildman–Crippen MR) is 96.7 cm³/mol. The largest absolute Gasteiger partial charge is 0.495 e. The van der Waals surface area contributed by atoms with Gasteiger partial charge in [-0.3, -0.25) is 4.79 Å². The van der Waals surface area contributed by atoms with Crippen molar-refractivity contribution in [2.24, 2.45) is 0 Å². The van der Waals surface area contributed by atoms with Crippen molar-refractivity contribution in [2.45, 2.75) is 0 Å². The Morgan fingerprint density at radius 1 is 1.04 bits per heavy atom. The Kier molecular flexibility index (Phi) is 5.16. The van der Waals surface area contributed by atoms with Gasteiger partial charge < -0.3 is 14.8 Å². The van der Waals surface area contributed by atoms with E-state index < -0.39 is 0 Å². The molecule has 3 aromatic rings. The number of ether oxygens (including phenoxy) is 2. The Morgan fingerprint density at radius 3 is 2.48 bits per heavy atom. The fraction of sp³-hybridized carbons (Fsp3) is 0.0526. The van der Waals surface area contributed by atoms with Crippen molar-refractivity contribution >= 4 is 23.2 Å². The molecule has 5 nitrogen and oxygen atoms in total. The van der Waals surface area contributed by atoms with Gasteiger partial charge in [0.05, 0.1) is 17.8 Å². The summed E-state index contributed by atoms with van der Waals surface area (Å²) >= 11 is 5.79. The molecular weight excluding hydrogens is 340 g/mol. The highest BCUT2D eigenvalue weighted by atomic mass is 35.5. The lowest BCUT2D eigenvalue weighted by Crippen LogP contribution is -2.12. The van der Waals surface area contributed by atoms with Gasteiger partial charge in [0.25, 0.3) is 5.91 Å². The van der Waals surface area contributed by atoms with Crippen molar-refractivity contribution in [1.82, 2.24) is 4.98 Å². The molecule has 2 aromatic carbocycles. The van der Waals surface area contributed by atoms with Gasteiger partial charge in [0, 0.05) is 17.8 Å². The Balaban J connectivity index is 1.69. The van der Waals surface area contributed by atoms with Gasteiger partial charge in [-0.05, 0) is 42.5 Å². The van der Waals surface area contributed by atoms with E-state index in [2.05, 4.69) is 10.3 Å². The van der Waals surface area contributed by atoms with Crippen LogP contribution in [0.25, 0.3) is 0 Å². The molecule has 0 atom stereocenters. The molecule has 0 fully saturated rings. The number of carbonyl (C=O) groups excluding carboxylic acids is 1. The topological polar surface area (TPSA) is 60.5 Å². The van der Waals surface area contributed by atoms with Crippen LogP contribution >= 0.6 is 11.6 Å². The number of hydrogen-bond acceptors (Lipinski definition) is 4. The summed E-state index contributed by atoms with van der Waals surface area (Å²) in [5.74, 6) is 1.37. The van der Waals surface area contributed by atoms with Gasteiger partial charge >= 0.3 is 0 Å².